The Morgan fingerprint density at radius 1 is 0.844 bits per heavy atom. The van der Waals surface area contributed by atoms with Gasteiger partial charge in [0.15, 0.2) is 11.5 Å². The second kappa shape index (κ2) is 10.0. The Balaban J connectivity index is 1.54. The van der Waals surface area contributed by atoms with Crippen LogP contribution in [0.15, 0.2) is 61.2 Å². The van der Waals surface area contributed by atoms with Gasteiger partial charge in [0, 0.05) is 29.9 Å². The highest BCUT2D eigenvalue weighted by Gasteiger charge is 2.13. The van der Waals surface area contributed by atoms with Gasteiger partial charge in [0.25, 0.3) is 0 Å². The van der Waals surface area contributed by atoms with Crippen molar-refractivity contribution < 1.29 is 18.9 Å². The van der Waals surface area contributed by atoms with E-state index in [4.69, 9.17) is 30.5 Å². The summed E-state index contributed by atoms with van der Waals surface area (Å²) in [6.07, 6.45) is 4.82. The topological polar surface area (TPSA) is 87.6 Å². The average molecular weight is 453 g/mol. The molecule has 1 N–H and O–H groups in total. The van der Waals surface area contributed by atoms with Gasteiger partial charge in [-0.25, -0.2) is 9.97 Å². The normalized spacial score (nSPS) is 10.6. The molecular weight excluding hydrogens is 432 g/mol. The monoisotopic (exact) mass is 452 g/mol. The third-order valence-corrected chi connectivity index (χ3v) is 4.94. The molecular formula is C23H21ClN4O4. The van der Waals surface area contributed by atoms with Gasteiger partial charge in [-0.3, -0.25) is 4.98 Å². The van der Waals surface area contributed by atoms with Crippen molar-refractivity contribution in [1.29, 1.82) is 0 Å². The molecule has 2 aromatic heterocycles. The Kier molecular flexibility index (Phi) is 6.72. The second-order valence-corrected chi connectivity index (χ2v) is 7.00. The maximum absolute atomic E-state index is 6.33. The number of methoxy groups -OCH3 is 2. The first-order valence-corrected chi connectivity index (χ1v) is 10.1. The van der Waals surface area contributed by atoms with Crippen LogP contribution < -0.4 is 24.3 Å². The minimum absolute atomic E-state index is 0.333. The number of ether oxygens (including phenoxy) is 4. The van der Waals surface area contributed by atoms with E-state index >= 15 is 0 Å². The summed E-state index contributed by atoms with van der Waals surface area (Å²) in [5, 5.41) is 4.54. The number of hydrogen-bond acceptors (Lipinski definition) is 8. The molecule has 0 atom stereocenters. The van der Waals surface area contributed by atoms with Gasteiger partial charge in [-0.15, -0.1) is 0 Å². The summed E-state index contributed by atoms with van der Waals surface area (Å²) < 4.78 is 22.3. The summed E-state index contributed by atoms with van der Waals surface area (Å²) in [6, 6.07) is 12.6. The quantitative estimate of drug-likeness (QED) is 0.359. The van der Waals surface area contributed by atoms with Crippen molar-refractivity contribution >= 4 is 34.0 Å². The molecule has 0 saturated heterocycles. The standard InChI is InChI=1S/C23H21ClN4O4/c1-29-16-3-4-18(24)20(11-16)28-23-17-12-21(30-2)22(13-19(17)26-14-27-23)32-10-9-31-15-5-7-25-8-6-15/h3-8,11-14H,9-10H2,1-2H3,(H,26,27,28). The van der Waals surface area contributed by atoms with Crippen LogP contribution in [0.25, 0.3) is 10.9 Å². The minimum Gasteiger partial charge on any atom is -0.497 e. The first kappa shape index (κ1) is 21.5. The predicted octanol–water partition coefficient (Wildman–Crippen LogP) is 4.90. The van der Waals surface area contributed by atoms with Gasteiger partial charge in [0.05, 0.1) is 30.4 Å². The predicted molar refractivity (Wildman–Crippen MR) is 123 cm³/mol. The van der Waals surface area contributed by atoms with E-state index in [-0.39, 0.29) is 0 Å². The van der Waals surface area contributed by atoms with Crippen molar-refractivity contribution in [2.45, 2.75) is 0 Å². The number of aromatic nitrogens is 3. The van der Waals surface area contributed by atoms with Crippen molar-refractivity contribution in [3.8, 4) is 23.0 Å². The number of nitrogens with one attached hydrogen (secondary N) is 1. The lowest BCUT2D eigenvalue weighted by Gasteiger charge is -2.15. The summed E-state index contributed by atoms with van der Waals surface area (Å²) in [4.78, 5) is 12.7. The maximum atomic E-state index is 6.33. The zero-order chi connectivity index (χ0) is 22.3. The van der Waals surface area contributed by atoms with Crippen molar-refractivity contribution in [3.05, 3.63) is 66.2 Å². The molecule has 4 aromatic rings. The summed E-state index contributed by atoms with van der Waals surface area (Å²) in [5.41, 5.74) is 1.35. The maximum Gasteiger partial charge on any atom is 0.163 e. The highest BCUT2D eigenvalue weighted by atomic mass is 35.5. The fourth-order valence-electron chi connectivity index (χ4n) is 3.04. The summed E-state index contributed by atoms with van der Waals surface area (Å²) >= 11 is 6.33. The van der Waals surface area contributed by atoms with Crippen LogP contribution in [0.4, 0.5) is 11.5 Å². The lowest BCUT2D eigenvalue weighted by atomic mass is 10.2. The molecule has 9 heteroatoms. The molecule has 0 amide bonds. The smallest absolute Gasteiger partial charge is 0.163 e. The van der Waals surface area contributed by atoms with Gasteiger partial charge in [-0.05, 0) is 30.3 Å². The Morgan fingerprint density at radius 3 is 2.44 bits per heavy atom. The first-order valence-electron chi connectivity index (χ1n) is 9.77. The molecule has 0 spiro atoms. The Hall–Kier alpha value is -3.78. The molecule has 2 aromatic carbocycles. The van der Waals surface area contributed by atoms with Crippen LogP contribution >= 0.6 is 11.6 Å². The van der Waals surface area contributed by atoms with Gasteiger partial charge in [0.2, 0.25) is 0 Å². The Bertz CT molecular complexity index is 1210. The van der Waals surface area contributed by atoms with E-state index in [0.717, 1.165) is 11.1 Å². The van der Waals surface area contributed by atoms with Gasteiger partial charge < -0.3 is 24.3 Å². The largest absolute Gasteiger partial charge is 0.497 e. The van der Waals surface area contributed by atoms with Crippen molar-refractivity contribution in [2.75, 3.05) is 32.8 Å². The number of nitrogens with zero attached hydrogens (tertiary/aromatic N) is 3. The molecule has 32 heavy (non-hydrogen) atoms. The third kappa shape index (κ3) is 4.92. The molecule has 4 rings (SSSR count). The van der Waals surface area contributed by atoms with E-state index in [1.165, 1.54) is 6.33 Å². The molecule has 0 unspecified atom stereocenters. The van der Waals surface area contributed by atoms with Crippen LogP contribution in [-0.4, -0.2) is 42.4 Å². The van der Waals surface area contributed by atoms with E-state index in [2.05, 4.69) is 20.3 Å². The van der Waals surface area contributed by atoms with E-state index in [1.54, 1.807) is 63.0 Å². The molecule has 0 aliphatic carbocycles. The van der Waals surface area contributed by atoms with Crippen LogP contribution in [0.5, 0.6) is 23.0 Å². The van der Waals surface area contributed by atoms with Gasteiger partial charge >= 0.3 is 0 Å². The molecule has 0 fully saturated rings. The zero-order valence-electron chi connectivity index (χ0n) is 17.5. The summed E-state index contributed by atoms with van der Waals surface area (Å²) in [7, 11) is 3.18. The number of anilines is 2. The fraction of sp³-hybridized carbons (Fsp3) is 0.174. The molecule has 0 bridgehead atoms. The fourth-order valence-corrected chi connectivity index (χ4v) is 3.20. The van der Waals surface area contributed by atoms with Crippen molar-refractivity contribution in [2.24, 2.45) is 0 Å². The third-order valence-electron chi connectivity index (χ3n) is 4.61. The van der Waals surface area contributed by atoms with Crippen LogP contribution in [-0.2, 0) is 0 Å². The highest BCUT2D eigenvalue weighted by Crippen LogP contribution is 2.36. The molecule has 2 heterocycles. The van der Waals surface area contributed by atoms with Crippen molar-refractivity contribution in [1.82, 2.24) is 15.0 Å². The highest BCUT2D eigenvalue weighted by molar-refractivity contribution is 6.33. The van der Waals surface area contributed by atoms with Gasteiger partial charge in [-0.1, -0.05) is 11.6 Å². The number of hydrogen-bond donors (Lipinski definition) is 1. The number of halogens is 1. The van der Waals surface area contributed by atoms with Crippen LogP contribution in [0.2, 0.25) is 5.02 Å². The number of rotatable bonds is 9. The Morgan fingerprint density at radius 2 is 1.66 bits per heavy atom. The molecule has 0 saturated carbocycles. The van der Waals surface area contributed by atoms with Crippen LogP contribution in [0.1, 0.15) is 0 Å². The second-order valence-electron chi connectivity index (χ2n) is 6.59. The molecule has 0 aliphatic heterocycles. The minimum atomic E-state index is 0.333. The van der Waals surface area contributed by atoms with Gasteiger partial charge in [0.1, 0.15) is 36.9 Å². The molecule has 8 nitrogen and oxygen atoms in total. The van der Waals surface area contributed by atoms with E-state index in [9.17, 15) is 0 Å². The first-order chi connectivity index (χ1) is 15.7. The lowest BCUT2D eigenvalue weighted by Crippen LogP contribution is -2.09. The molecule has 0 aliphatic rings. The SMILES string of the molecule is COc1ccc(Cl)c(Nc2ncnc3cc(OCCOc4ccncc4)c(OC)cc23)c1. The van der Waals surface area contributed by atoms with E-state index in [1.807, 2.05) is 6.07 Å². The van der Waals surface area contributed by atoms with Gasteiger partial charge in [-0.2, -0.15) is 0 Å². The molecule has 0 radical (unpaired) electrons. The zero-order valence-corrected chi connectivity index (χ0v) is 18.3. The number of benzene rings is 2. The summed E-state index contributed by atoms with van der Waals surface area (Å²) in [6.45, 7) is 0.704. The van der Waals surface area contributed by atoms with E-state index < -0.39 is 0 Å². The van der Waals surface area contributed by atoms with Crippen LogP contribution in [0, 0.1) is 0 Å². The van der Waals surface area contributed by atoms with E-state index in [0.29, 0.717) is 52.5 Å². The van der Waals surface area contributed by atoms with Crippen LogP contribution in [0.3, 0.4) is 0 Å². The van der Waals surface area contributed by atoms with Crippen molar-refractivity contribution in [3.63, 3.8) is 0 Å². The number of fused-ring (bicyclic) bond motifs is 1. The Labute approximate surface area is 190 Å². The lowest BCUT2D eigenvalue weighted by molar-refractivity contribution is 0.211. The summed E-state index contributed by atoms with van der Waals surface area (Å²) in [5.74, 6) is 3.10. The average Bonchev–Trinajstić information content (AvgIpc) is 2.83. The molecule has 164 valence electrons. The number of pyridine rings is 1.